The van der Waals surface area contributed by atoms with E-state index in [1.165, 1.54) is 0 Å². The maximum atomic E-state index is 13.2. The van der Waals surface area contributed by atoms with Crippen molar-refractivity contribution in [2.45, 2.75) is 64.1 Å². The number of ether oxygens (including phenoxy) is 2. The molecule has 1 aliphatic carbocycles. The number of nitrogens with one attached hydrogen (secondary N) is 1. The Bertz CT molecular complexity index is 913. The highest BCUT2D eigenvalue weighted by Crippen LogP contribution is 2.20. The molecule has 1 atom stereocenters. The summed E-state index contributed by atoms with van der Waals surface area (Å²) >= 11 is 5.90. The number of rotatable bonds is 11. The van der Waals surface area contributed by atoms with E-state index in [9.17, 15) is 9.59 Å². The fourth-order valence-electron chi connectivity index (χ4n) is 4.03. The molecule has 1 fully saturated rings. The van der Waals surface area contributed by atoms with Crippen LogP contribution in [0.25, 0.3) is 0 Å². The zero-order valence-corrected chi connectivity index (χ0v) is 20.1. The zero-order valence-electron chi connectivity index (χ0n) is 19.4. The van der Waals surface area contributed by atoms with E-state index >= 15 is 0 Å². The Balaban J connectivity index is 1.61. The molecule has 7 heteroatoms. The first-order valence-electron chi connectivity index (χ1n) is 11.6. The molecule has 2 amide bonds. The number of amides is 2. The second-order valence-electron chi connectivity index (χ2n) is 8.45. The molecule has 1 unspecified atom stereocenters. The fourth-order valence-corrected chi connectivity index (χ4v) is 4.16. The third-order valence-electron chi connectivity index (χ3n) is 5.97. The lowest BCUT2D eigenvalue weighted by atomic mass is 10.1. The van der Waals surface area contributed by atoms with Gasteiger partial charge >= 0.3 is 0 Å². The number of hydrogen-bond donors (Lipinski definition) is 1. The van der Waals surface area contributed by atoms with E-state index in [0.29, 0.717) is 36.8 Å². The number of carbonyl (C=O) groups is 2. The number of methoxy groups -OCH3 is 1. The van der Waals surface area contributed by atoms with Gasteiger partial charge in [-0.3, -0.25) is 9.59 Å². The van der Waals surface area contributed by atoms with Crippen molar-refractivity contribution in [3.05, 3.63) is 59.1 Å². The molecule has 0 radical (unpaired) electrons. The van der Waals surface area contributed by atoms with Gasteiger partial charge in [0, 0.05) is 24.0 Å². The third kappa shape index (κ3) is 7.67. The predicted octanol–water partition coefficient (Wildman–Crippen LogP) is 4.98. The minimum atomic E-state index is -0.568. The summed E-state index contributed by atoms with van der Waals surface area (Å²) in [5.41, 5.74) is 0.917. The van der Waals surface area contributed by atoms with Crippen LogP contribution in [0.3, 0.4) is 0 Å². The molecule has 2 aromatic carbocycles. The van der Waals surface area contributed by atoms with Gasteiger partial charge in [0.1, 0.15) is 17.5 Å². The SMILES string of the molecule is COc1cccc(CN(C(=O)CCCOc2ccc(Cl)cc2)C(C)C(=O)NC2CCCC2)c1. The molecular formula is C26H33ClN2O4. The molecule has 0 bridgehead atoms. The standard InChI is InChI=1S/C26H33ClN2O4/c1-19(26(31)28-22-8-3-4-9-22)29(18-20-7-5-10-24(17-20)32-2)25(30)11-6-16-33-23-14-12-21(27)13-15-23/h5,7,10,12-15,17,19,22H,3-4,6,8-9,11,16,18H2,1-2H3,(H,28,31). The molecule has 0 spiro atoms. The van der Waals surface area contributed by atoms with Gasteiger partial charge in [0.2, 0.25) is 11.8 Å². The van der Waals surface area contributed by atoms with Crippen molar-refractivity contribution >= 4 is 23.4 Å². The molecule has 1 saturated carbocycles. The van der Waals surface area contributed by atoms with Crippen LogP contribution in [0.1, 0.15) is 51.0 Å². The molecule has 0 saturated heterocycles. The molecule has 1 N–H and O–H groups in total. The maximum absolute atomic E-state index is 13.2. The molecule has 0 heterocycles. The van der Waals surface area contributed by atoms with Gasteiger partial charge in [0.25, 0.3) is 0 Å². The first-order valence-corrected chi connectivity index (χ1v) is 11.9. The summed E-state index contributed by atoms with van der Waals surface area (Å²) in [7, 11) is 1.61. The van der Waals surface area contributed by atoms with Gasteiger partial charge in [0.15, 0.2) is 0 Å². The van der Waals surface area contributed by atoms with Gasteiger partial charge in [0.05, 0.1) is 13.7 Å². The highest BCUT2D eigenvalue weighted by atomic mass is 35.5. The predicted molar refractivity (Wildman–Crippen MR) is 130 cm³/mol. The Morgan fingerprint density at radius 3 is 2.55 bits per heavy atom. The third-order valence-corrected chi connectivity index (χ3v) is 6.23. The Hall–Kier alpha value is -2.73. The Kier molecular flexibility index (Phi) is 9.43. The van der Waals surface area contributed by atoms with Crippen LogP contribution >= 0.6 is 11.6 Å². The summed E-state index contributed by atoms with van der Waals surface area (Å²) in [5, 5.41) is 3.77. The van der Waals surface area contributed by atoms with Crippen molar-refractivity contribution < 1.29 is 19.1 Å². The highest BCUT2D eigenvalue weighted by molar-refractivity contribution is 6.30. The summed E-state index contributed by atoms with van der Waals surface area (Å²) in [6.45, 7) is 2.54. The van der Waals surface area contributed by atoms with Crippen molar-refractivity contribution in [1.82, 2.24) is 10.2 Å². The Morgan fingerprint density at radius 1 is 1.12 bits per heavy atom. The average Bonchev–Trinajstić information content (AvgIpc) is 3.34. The molecule has 0 aliphatic heterocycles. The summed E-state index contributed by atoms with van der Waals surface area (Å²) in [6, 6.07) is 14.4. The number of benzene rings is 2. The first kappa shape index (κ1) is 24.9. The second kappa shape index (κ2) is 12.5. The van der Waals surface area contributed by atoms with E-state index < -0.39 is 6.04 Å². The minimum Gasteiger partial charge on any atom is -0.497 e. The van der Waals surface area contributed by atoms with E-state index in [0.717, 1.165) is 37.0 Å². The molecule has 0 aromatic heterocycles. The van der Waals surface area contributed by atoms with Crippen LogP contribution in [0.2, 0.25) is 5.02 Å². The van der Waals surface area contributed by atoms with Crippen molar-refractivity contribution in [1.29, 1.82) is 0 Å². The van der Waals surface area contributed by atoms with Gasteiger partial charge in [-0.1, -0.05) is 36.6 Å². The van der Waals surface area contributed by atoms with E-state index in [2.05, 4.69) is 5.32 Å². The lowest BCUT2D eigenvalue weighted by Gasteiger charge is -2.30. The van der Waals surface area contributed by atoms with Gasteiger partial charge in [-0.15, -0.1) is 0 Å². The average molecular weight is 473 g/mol. The topological polar surface area (TPSA) is 67.9 Å². The summed E-state index contributed by atoms with van der Waals surface area (Å²) in [5.74, 6) is 1.26. The molecule has 2 aromatic rings. The monoisotopic (exact) mass is 472 g/mol. The largest absolute Gasteiger partial charge is 0.497 e. The Morgan fingerprint density at radius 2 is 1.85 bits per heavy atom. The molecule has 6 nitrogen and oxygen atoms in total. The summed E-state index contributed by atoms with van der Waals surface area (Å²) in [6.07, 6.45) is 5.12. The molecule has 178 valence electrons. The number of hydrogen-bond acceptors (Lipinski definition) is 4. The summed E-state index contributed by atoms with van der Waals surface area (Å²) in [4.78, 5) is 27.8. The summed E-state index contributed by atoms with van der Waals surface area (Å²) < 4.78 is 11.0. The van der Waals surface area contributed by atoms with Crippen LogP contribution in [0.5, 0.6) is 11.5 Å². The van der Waals surface area contributed by atoms with Crippen LogP contribution in [-0.4, -0.2) is 42.5 Å². The smallest absolute Gasteiger partial charge is 0.242 e. The van der Waals surface area contributed by atoms with Crippen LogP contribution in [0.15, 0.2) is 48.5 Å². The van der Waals surface area contributed by atoms with Gasteiger partial charge < -0.3 is 19.7 Å². The van der Waals surface area contributed by atoms with Gasteiger partial charge in [-0.25, -0.2) is 0 Å². The van der Waals surface area contributed by atoms with E-state index in [1.54, 1.807) is 43.2 Å². The van der Waals surface area contributed by atoms with Crippen molar-refractivity contribution in [2.24, 2.45) is 0 Å². The zero-order chi connectivity index (χ0) is 23.6. The minimum absolute atomic E-state index is 0.0772. The number of carbonyl (C=O) groups excluding carboxylic acids is 2. The fraction of sp³-hybridized carbons (Fsp3) is 0.462. The van der Waals surface area contributed by atoms with Crippen LogP contribution < -0.4 is 14.8 Å². The van der Waals surface area contributed by atoms with E-state index in [-0.39, 0.29) is 17.9 Å². The highest BCUT2D eigenvalue weighted by Gasteiger charge is 2.28. The molecule has 33 heavy (non-hydrogen) atoms. The molecular weight excluding hydrogens is 440 g/mol. The first-order chi connectivity index (χ1) is 16.0. The number of halogens is 1. The van der Waals surface area contributed by atoms with Crippen molar-refractivity contribution in [2.75, 3.05) is 13.7 Å². The van der Waals surface area contributed by atoms with Crippen molar-refractivity contribution in [3.63, 3.8) is 0 Å². The van der Waals surface area contributed by atoms with E-state index in [4.69, 9.17) is 21.1 Å². The van der Waals surface area contributed by atoms with Gasteiger partial charge in [-0.2, -0.15) is 0 Å². The van der Waals surface area contributed by atoms with Crippen LogP contribution in [-0.2, 0) is 16.1 Å². The maximum Gasteiger partial charge on any atom is 0.242 e. The van der Waals surface area contributed by atoms with Crippen LogP contribution in [0.4, 0.5) is 0 Å². The normalized spacial score (nSPS) is 14.5. The lowest BCUT2D eigenvalue weighted by molar-refractivity contribution is -0.141. The van der Waals surface area contributed by atoms with E-state index in [1.807, 2.05) is 24.3 Å². The lowest BCUT2D eigenvalue weighted by Crippen LogP contribution is -2.49. The second-order valence-corrected chi connectivity index (χ2v) is 8.88. The quantitative estimate of drug-likeness (QED) is 0.468. The number of nitrogens with zero attached hydrogens (tertiary/aromatic N) is 1. The van der Waals surface area contributed by atoms with Gasteiger partial charge in [-0.05, 0) is 68.1 Å². The molecule has 1 aliphatic rings. The Labute approximate surface area is 201 Å². The molecule has 3 rings (SSSR count). The van der Waals surface area contributed by atoms with Crippen LogP contribution in [0, 0.1) is 0 Å². The van der Waals surface area contributed by atoms with Crippen molar-refractivity contribution in [3.8, 4) is 11.5 Å².